The zero-order valence-corrected chi connectivity index (χ0v) is 20.1. The minimum Gasteiger partial charge on any atom is -0.406 e. The number of benzene rings is 3. The van der Waals surface area contributed by atoms with E-state index in [-0.39, 0.29) is 24.1 Å². The number of nitrogens with one attached hydrogen (secondary N) is 1. The van der Waals surface area contributed by atoms with Gasteiger partial charge in [-0.2, -0.15) is 0 Å². The Bertz CT molecular complexity index is 1040. The van der Waals surface area contributed by atoms with E-state index in [2.05, 4.69) is 63.5 Å². The molecule has 1 saturated heterocycles. The van der Waals surface area contributed by atoms with Gasteiger partial charge in [-0.15, -0.1) is 13.2 Å². The van der Waals surface area contributed by atoms with Gasteiger partial charge in [0.25, 0.3) is 0 Å². The Morgan fingerprint density at radius 1 is 0.889 bits per heavy atom. The van der Waals surface area contributed by atoms with E-state index in [9.17, 15) is 18.0 Å². The molecule has 36 heavy (non-hydrogen) atoms. The van der Waals surface area contributed by atoms with Crippen LogP contribution < -0.4 is 10.1 Å². The number of carbonyl (C=O) groups is 1. The number of carbonyl (C=O) groups excluding carboxylic acids is 1. The number of hydrogen-bond donors (Lipinski definition) is 1. The Balaban J connectivity index is 1.22. The molecule has 3 aromatic carbocycles. The fraction of sp³-hybridized carbons (Fsp3) is 0.345. The van der Waals surface area contributed by atoms with Gasteiger partial charge in [-0.3, -0.25) is 4.79 Å². The van der Waals surface area contributed by atoms with Gasteiger partial charge in [0.2, 0.25) is 5.91 Å². The summed E-state index contributed by atoms with van der Waals surface area (Å²) in [5, 5.41) is 3.08. The van der Waals surface area contributed by atoms with Crippen LogP contribution in [0.2, 0.25) is 0 Å². The van der Waals surface area contributed by atoms with Gasteiger partial charge in [0, 0.05) is 25.0 Å². The molecule has 0 atom stereocenters. The number of likely N-dealkylation sites (tertiary alicyclic amines) is 1. The lowest BCUT2D eigenvalue weighted by atomic mass is 9.88. The van der Waals surface area contributed by atoms with Crippen LogP contribution >= 0.6 is 0 Å². The van der Waals surface area contributed by atoms with Crippen molar-refractivity contribution in [2.24, 2.45) is 0 Å². The van der Waals surface area contributed by atoms with Crippen LogP contribution in [0.15, 0.2) is 84.9 Å². The van der Waals surface area contributed by atoms with Gasteiger partial charge in [-0.05, 0) is 54.6 Å². The minimum atomic E-state index is -4.72. The van der Waals surface area contributed by atoms with E-state index in [1.54, 1.807) is 0 Å². The normalized spacial score (nSPS) is 15.1. The van der Waals surface area contributed by atoms with E-state index in [1.807, 2.05) is 12.1 Å². The average Bonchev–Trinajstić information content (AvgIpc) is 2.87. The van der Waals surface area contributed by atoms with Crippen molar-refractivity contribution in [1.82, 2.24) is 10.2 Å². The average molecular weight is 497 g/mol. The van der Waals surface area contributed by atoms with Gasteiger partial charge >= 0.3 is 6.36 Å². The molecule has 190 valence electrons. The Kier molecular flexibility index (Phi) is 8.65. The first-order chi connectivity index (χ1) is 17.4. The lowest BCUT2D eigenvalue weighted by Crippen LogP contribution is -2.45. The summed E-state index contributed by atoms with van der Waals surface area (Å²) >= 11 is 0. The van der Waals surface area contributed by atoms with Crippen molar-refractivity contribution in [3.8, 4) is 5.75 Å². The third kappa shape index (κ3) is 7.85. The maximum atomic E-state index is 12.5. The van der Waals surface area contributed by atoms with Crippen LogP contribution in [-0.2, 0) is 11.2 Å². The van der Waals surface area contributed by atoms with Crippen LogP contribution in [0, 0.1) is 0 Å². The Morgan fingerprint density at radius 3 is 1.97 bits per heavy atom. The summed E-state index contributed by atoms with van der Waals surface area (Å²) in [7, 11) is 0. The molecular formula is C29H31F3N2O2. The molecule has 0 radical (unpaired) electrons. The van der Waals surface area contributed by atoms with Crippen molar-refractivity contribution in [2.75, 3.05) is 19.6 Å². The number of piperidine rings is 1. The monoisotopic (exact) mass is 496 g/mol. The van der Waals surface area contributed by atoms with E-state index in [0.717, 1.165) is 38.9 Å². The fourth-order valence-electron chi connectivity index (χ4n) is 4.78. The number of amides is 1. The van der Waals surface area contributed by atoms with Crippen molar-refractivity contribution in [1.29, 1.82) is 0 Å². The minimum absolute atomic E-state index is 0.112. The third-order valence-electron chi connectivity index (χ3n) is 6.61. The second kappa shape index (κ2) is 12.1. The quantitative estimate of drug-likeness (QED) is 0.399. The third-order valence-corrected chi connectivity index (χ3v) is 6.61. The molecule has 3 aromatic rings. The van der Waals surface area contributed by atoms with Gasteiger partial charge in [0.15, 0.2) is 0 Å². The Hall–Kier alpha value is -3.32. The second-order valence-electron chi connectivity index (χ2n) is 9.21. The maximum absolute atomic E-state index is 12.5. The molecule has 1 N–H and O–H groups in total. The summed E-state index contributed by atoms with van der Waals surface area (Å²) in [4.78, 5) is 14.9. The van der Waals surface area contributed by atoms with E-state index in [1.165, 1.54) is 35.4 Å². The van der Waals surface area contributed by atoms with Crippen molar-refractivity contribution in [3.63, 3.8) is 0 Å². The van der Waals surface area contributed by atoms with E-state index >= 15 is 0 Å². The highest BCUT2D eigenvalue weighted by Gasteiger charge is 2.31. The Labute approximate surface area is 210 Å². The molecular weight excluding hydrogens is 465 g/mol. The standard InChI is InChI=1S/C29H31F3N2O2/c30-29(31,32)36-26-13-11-22(12-14-26)21-28(35)33-25-15-18-34(19-16-25)20-17-27(23-7-3-1-4-8-23)24-9-5-2-6-10-24/h1-14,25,27H,15-21H2,(H,33,35). The predicted molar refractivity (Wildman–Crippen MR) is 134 cm³/mol. The molecule has 0 unspecified atom stereocenters. The number of nitrogens with zero attached hydrogens (tertiary/aromatic N) is 1. The fourth-order valence-corrected chi connectivity index (χ4v) is 4.78. The summed E-state index contributed by atoms with van der Waals surface area (Å²) in [6, 6.07) is 26.7. The van der Waals surface area contributed by atoms with Crippen molar-refractivity contribution >= 4 is 5.91 Å². The molecule has 1 fully saturated rings. The SMILES string of the molecule is O=C(Cc1ccc(OC(F)(F)F)cc1)NC1CCN(CCC(c2ccccc2)c2ccccc2)CC1. The second-order valence-corrected chi connectivity index (χ2v) is 9.21. The molecule has 0 saturated carbocycles. The van der Waals surface area contributed by atoms with Gasteiger partial charge < -0.3 is 15.0 Å². The summed E-state index contributed by atoms with van der Waals surface area (Å²) in [6.07, 6.45) is -1.81. The molecule has 7 heteroatoms. The number of hydrogen-bond acceptors (Lipinski definition) is 3. The molecule has 1 heterocycles. The van der Waals surface area contributed by atoms with Gasteiger partial charge in [0.1, 0.15) is 5.75 Å². The summed E-state index contributed by atoms with van der Waals surface area (Å²) in [5.74, 6) is -0.0651. The van der Waals surface area contributed by atoms with Crippen molar-refractivity contribution in [3.05, 3.63) is 102 Å². The van der Waals surface area contributed by atoms with E-state index in [0.29, 0.717) is 11.5 Å². The van der Waals surface area contributed by atoms with Crippen LogP contribution in [-0.4, -0.2) is 42.8 Å². The van der Waals surface area contributed by atoms with Gasteiger partial charge in [-0.1, -0.05) is 72.8 Å². The lowest BCUT2D eigenvalue weighted by molar-refractivity contribution is -0.274. The number of ether oxygens (including phenoxy) is 1. The number of halogens is 3. The molecule has 4 rings (SSSR count). The maximum Gasteiger partial charge on any atom is 0.573 e. The first-order valence-corrected chi connectivity index (χ1v) is 12.3. The molecule has 0 aliphatic carbocycles. The topological polar surface area (TPSA) is 41.6 Å². The molecule has 1 aliphatic rings. The van der Waals surface area contributed by atoms with E-state index in [4.69, 9.17) is 0 Å². The first-order valence-electron chi connectivity index (χ1n) is 12.3. The number of rotatable bonds is 9. The van der Waals surface area contributed by atoms with Crippen LogP contribution in [0.1, 0.15) is 41.9 Å². The van der Waals surface area contributed by atoms with Gasteiger partial charge in [0.05, 0.1) is 6.42 Å². The zero-order valence-electron chi connectivity index (χ0n) is 20.1. The molecule has 1 amide bonds. The first kappa shape index (κ1) is 25.8. The number of alkyl halides is 3. The molecule has 4 nitrogen and oxygen atoms in total. The highest BCUT2D eigenvalue weighted by molar-refractivity contribution is 5.78. The highest BCUT2D eigenvalue weighted by atomic mass is 19.4. The summed E-state index contributed by atoms with van der Waals surface area (Å²) < 4.78 is 40.8. The predicted octanol–water partition coefficient (Wildman–Crippen LogP) is 5.93. The van der Waals surface area contributed by atoms with E-state index < -0.39 is 6.36 Å². The van der Waals surface area contributed by atoms with Crippen molar-refractivity contribution in [2.45, 2.75) is 44.0 Å². The van der Waals surface area contributed by atoms with Crippen molar-refractivity contribution < 1.29 is 22.7 Å². The molecule has 0 spiro atoms. The largest absolute Gasteiger partial charge is 0.573 e. The molecule has 0 bridgehead atoms. The van der Waals surface area contributed by atoms with Crippen LogP contribution in [0.25, 0.3) is 0 Å². The molecule has 1 aliphatic heterocycles. The zero-order chi connectivity index (χ0) is 25.4. The molecule has 0 aromatic heterocycles. The smallest absolute Gasteiger partial charge is 0.406 e. The Morgan fingerprint density at radius 2 is 1.44 bits per heavy atom. The lowest BCUT2D eigenvalue weighted by Gasteiger charge is -2.33. The summed E-state index contributed by atoms with van der Waals surface area (Å²) in [5.41, 5.74) is 3.29. The highest BCUT2D eigenvalue weighted by Crippen LogP contribution is 2.28. The summed E-state index contributed by atoms with van der Waals surface area (Å²) in [6.45, 7) is 2.83. The van der Waals surface area contributed by atoms with Crippen LogP contribution in [0.4, 0.5) is 13.2 Å². The van der Waals surface area contributed by atoms with Crippen LogP contribution in [0.3, 0.4) is 0 Å². The van der Waals surface area contributed by atoms with Crippen LogP contribution in [0.5, 0.6) is 5.75 Å². The van der Waals surface area contributed by atoms with Gasteiger partial charge in [-0.25, -0.2) is 0 Å².